The maximum atomic E-state index is 6.84. The Labute approximate surface area is 300 Å². The normalized spacial score (nSPS) is 16.2. The lowest BCUT2D eigenvalue weighted by Gasteiger charge is -2.33. The van der Waals surface area contributed by atoms with Crippen LogP contribution in [0.3, 0.4) is 0 Å². The van der Waals surface area contributed by atoms with Crippen molar-refractivity contribution < 1.29 is 4.42 Å². The van der Waals surface area contributed by atoms with Crippen LogP contribution in [0.25, 0.3) is 76.9 Å². The molecule has 1 aliphatic heterocycles. The number of nitrogens with one attached hydrogen (secondary N) is 1. The van der Waals surface area contributed by atoms with Gasteiger partial charge in [-0.1, -0.05) is 152 Å². The predicted molar refractivity (Wildman–Crippen MR) is 215 cm³/mol. The Kier molecular flexibility index (Phi) is 6.06. The molecule has 0 radical (unpaired) electrons. The first-order chi connectivity index (χ1) is 25.6. The first-order valence-electron chi connectivity index (χ1n) is 17.7. The second-order valence-electron chi connectivity index (χ2n) is 13.9. The Morgan fingerprint density at radius 3 is 2.00 bits per heavy atom. The largest absolute Gasteiger partial charge is 0.455 e. The molecule has 1 aromatic heterocycles. The number of nitrogens with zero attached hydrogens (tertiary/aromatic N) is 2. The van der Waals surface area contributed by atoms with E-state index < -0.39 is 5.66 Å². The first-order valence-corrected chi connectivity index (χ1v) is 17.7. The zero-order chi connectivity index (χ0) is 34.4. The van der Waals surface area contributed by atoms with E-state index in [1.54, 1.807) is 0 Å². The van der Waals surface area contributed by atoms with Crippen LogP contribution in [-0.4, -0.2) is 11.7 Å². The number of fused-ring (bicyclic) bond motifs is 7. The molecule has 1 aliphatic carbocycles. The van der Waals surface area contributed by atoms with Crippen LogP contribution in [0.5, 0.6) is 0 Å². The van der Waals surface area contributed by atoms with Gasteiger partial charge in [-0.3, -0.25) is 0 Å². The molecule has 11 rings (SSSR count). The fourth-order valence-corrected chi connectivity index (χ4v) is 8.41. The predicted octanol–water partition coefficient (Wildman–Crippen LogP) is 11.9. The molecule has 0 spiro atoms. The van der Waals surface area contributed by atoms with Gasteiger partial charge in [-0.15, -0.1) is 0 Å². The van der Waals surface area contributed by atoms with Crippen molar-refractivity contribution in [3.05, 3.63) is 180 Å². The summed E-state index contributed by atoms with van der Waals surface area (Å²) >= 11 is 0. The van der Waals surface area contributed by atoms with Crippen LogP contribution in [0, 0.1) is 0 Å². The number of hydrogen-bond donors (Lipinski definition) is 1. The molecular formula is C48H31N3O. The summed E-state index contributed by atoms with van der Waals surface area (Å²) < 4.78 is 6.84. The van der Waals surface area contributed by atoms with Gasteiger partial charge in [0.1, 0.15) is 17.0 Å². The minimum Gasteiger partial charge on any atom is -0.455 e. The Morgan fingerprint density at radius 1 is 0.500 bits per heavy atom. The third-order valence-electron chi connectivity index (χ3n) is 10.9. The van der Waals surface area contributed by atoms with Crippen molar-refractivity contribution in [3.8, 4) is 33.4 Å². The molecule has 52 heavy (non-hydrogen) atoms. The Hall–Kier alpha value is -6.78. The Morgan fingerprint density at radius 2 is 1.15 bits per heavy atom. The van der Waals surface area contributed by atoms with Crippen LogP contribution in [0.2, 0.25) is 0 Å². The Balaban J connectivity index is 1.11. The highest BCUT2D eigenvalue weighted by molar-refractivity contribution is 6.25. The highest BCUT2D eigenvalue weighted by Crippen LogP contribution is 2.50. The lowest BCUT2D eigenvalue weighted by molar-refractivity contribution is 0.455. The average Bonchev–Trinajstić information content (AvgIpc) is 3.75. The van der Waals surface area contributed by atoms with Crippen molar-refractivity contribution in [2.45, 2.75) is 12.6 Å². The van der Waals surface area contributed by atoms with Gasteiger partial charge in [-0.2, -0.15) is 0 Å². The van der Waals surface area contributed by atoms with Gasteiger partial charge in [-0.25, -0.2) is 9.98 Å². The molecular weight excluding hydrogens is 635 g/mol. The van der Waals surface area contributed by atoms with E-state index in [1.807, 2.05) is 6.07 Å². The monoisotopic (exact) mass is 665 g/mol. The van der Waals surface area contributed by atoms with Crippen LogP contribution in [0.1, 0.15) is 23.6 Å². The molecule has 4 nitrogen and oxygen atoms in total. The minimum absolute atomic E-state index is 0.685. The van der Waals surface area contributed by atoms with Crippen LogP contribution in [-0.2, 0) is 5.66 Å². The standard InChI is InChI=1S/C48H31N3O/c1-48(32-14-3-2-4-15-32)50-46(31-25-24-29-12-5-6-13-30(29)28-31)49-47(51-48)41-22-11-23-42-44(41)40-21-10-20-39(45(40)52-42)35-26-27-38-34-17-8-7-16-33(34)36-18-9-19-37(35)43(36)38/h2-28H,1H3,(H,49,50,51). The second kappa shape index (κ2) is 10.9. The fourth-order valence-electron chi connectivity index (χ4n) is 8.41. The summed E-state index contributed by atoms with van der Waals surface area (Å²) in [5.74, 6) is 1.44. The quantitative estimate of drug-likeness (QED) is 0.203. The topological polar surface area (TPSA) is 49.9 Å². The molecule has 2 heterocycles. The molecule has 0 fully saturated rings. The van der Waals surface area contributed by atoms with Gasteiger partial charge < -0.3 is 9.73 Å². The summed E-state index contributed by atoms with van der Waals surface area (Å²) in [5, 5.41) is 10.7. The summed E-state index contributed by atoms with van der Waals surface area (Å²) in [7, 11) is 0. The number of rotatable bonds is 4. The highest BCUT2D eigenvalue weighted by Gasteiger charge is 2.33. The van der Waals surface area contributed by atoms with Crippen molar-refractivity contribution in [1.29, 1.82) is 0 Å². The molecule has 2 aliphatic rings. The molecule has 8 aromatic carbocycles. The molecule has 1 unspecified atom stereocenters. The minimum atomic E-state index is -0.756. The van der Waals surface area contributed by atoms with Gasteiger partial charge in [0.25, 0.3) is 0 Å². The number of aliphatic imine (C=N–C) groups is 2. The van der Waals surface area contributed by atoms with Crippen molar-refractivity contribution in [2.24, 2.45) is 9.98 Å². The van der Waals surface area contributed by atoms with E-state index in [0.29, 0.717) is 5.84 Å². The molecule has 0 bridgehead atoms. The lowest BCUT2D eigenvalue weighted by atomic mass is 9.93. The highest BCUT2D eigenvalue weighted by atomic mass is 16.3. The lowest BCUT2D eigenvalue weighted by Crippen LogP contribution is -2.46. The van der Waals surface area contributed by atoms with E-state index in [1.165, 1.54) is 38.4 Å². The van der Waals surface area contributed by atoms with Gasteiger partial charge in [0.2, 0.25) is 0 Å². The smallest absolute Gasteiger partial charge is 0.159 e. The second-order valence-corrected chi connectivity index (χ2v) is 13.9. The van der Waals surface area contributed by atoms with Crippen molar-refractivity contribution in [3.63, 3.8) is 0 Å². The Bertz CT molecular complexity index is 2980. The molecule has 1 N–H and O–H groups in total. The summed E-state index contributed by atoms with van der Waals surface area (Å²) in [6.07, 6.45) is 0. The van der Waals surface area contributed by atoms with E-state index in [2.05, 4.69) is 170 Å². The molecule has 1 atom stereocenters. The maximum Gasteiger partial charge on any atom is 0.159 e. The average molecular weight is 666 g/mol. The zero-order valence-electron chi connectivity index (χ0n) is 28.4. The van der Waals surface area contributed by atoms with Crippen molar-refractivity contribution in [2.75, 3.05) is 0 Å². The third-order valence-corrected chi connectivity index (χ3v) is 10.9. The number of para-hydroxylation sites is 1. The number of amidine groups is 2. The van der Waals surface area contributed by atoms with E-state index >= 15 is 0 Å². The fraction of sp³-hybridized carbons (Fsp3) is 0.0417. The summed E-state index contributed by atoms with van der Waals surface area (Å²) in [6.45, 7) is 2.12. The van der Waals surface area contributed by atoms with Gasteiger partial charge in [0.15, 0.2) is 11.5 Å². The van der Waals surface area contributed by atoms with E-state index in [9.17, 15) is 0 Å². The van der Waals surface area contributed by atoms with Crippen molar-refractivity contribution >= 4 is 55.2 Å². The third kappa shape index (κ3) is 4.21. The van der Waals surface area contributed by atoms with Gasteiger partial charge in [0, 0.05) is 27.5 Å². The van der Waals surface area contributed by atoms with Gasteiger partial charge in [0.05, 0.1) is 0 Å². The zero-order valence-corrected chi connectivity index (χ0v) is 28.4. The van der Waals surface area contributed by atoms with Crippen LogP contribution >= 0.6 is 0 Å². The maximum absolute atomic E-state index is 6.84. The van der Waals surface area contributed by atoms with E-state index in [0.717, 1.165) is 61.0 Å². The van der Waals surface area contributed by atoms with Gasteiger partial charge >= 0.3 is 0 Å². The number of hydrogen-bond acceptors (Lipinski definition) is 4. The molecule has 0 saturated heterocycles. The summed E-state index contributed by atoms with van der Waals surface area (Å²) in [6, 6.07) is 57.9. The number of benzene rings is 8. The van der Waals surface area contributed by atoms with E-state index in [-0.39, 0.29) is 0 Å². The molecule has 0 amide bonds. The molecule has 244 valence electrons. The molecule has 4 heteroatoms. The molecule has 0 saturated carbocycles. The first kappa shape index (κ1) is 29.0. The van der Waals surface area contributed by atoms with Gasteiger partial charge in [-0.05, 0) is 74.0 Å². The van der Waals surface area contributed by atoms with Crippen molar-refractivity contribution in [1.82, 2.24) is 5.32 Å². The van der Waals surface area contributed by atoms with Crippen LogP contribution < -0.4 is 5.32 Å². The number of furan rings is 1. The van der Waals surface area contributed by atoms with E-state index in [4.69, 9.17) is 14.4 Å². The van der Waals surface area contributed by atoms with Crippen LogP contribution in [0.4, 0.5) is 0 Å². The SMILES string of the molecule is CC1(c2ccccc2)N=C(c2ccc3ccccc3c2)N=C(c2cccc3oc4c(-c5ccc6c7c(cccc57)-c5ccccc5-6)cccc4c23)N1. The summed E-state index contributed by atoms with van der Waals surface area (Å²) in [4.78, 5) is 10.5. The molecule has 9 aromatic rings. The van der Waals surface area contributed by atoms with Crippen LogP contribution in [0.15, 0.2) is 178 Å². The summed E-state index contributed by atoms with van der Waals surface area (Å²) in [5.41, 5.74) is 11.3.